The Morgan fingerprint density at radius 2 is 1.00 bits per heavy atom. The molecule has 1 unspecified atom stereocenters. The number of nitrogens with zero attached hydrogens (tertiary/aromatic N) is 3. The van der Waals surface area contributed by atoms with Crippen LogP contribution < -0.4 is 0 Å². The van der Waals surface area contributed by atoms with Crippen LogP contribution in [0, 0.1) is 5.41 Å². The minimum Gasteiger partial charge on any atom is -0.421 e. The smallest absolute Gasteiger partial charge is 0.162 e. The molecule has 1 atom stereocenters. The average Bonchev–Trinajstić information content (AvgIpc) is 2.82. The zero-order chi connectivity index (χ0) is 25.0. The second-order valence-corrected chi connectivity index (χ2v) is 11.4. The van der Waals surface area contributed by atoms with Crippen LogP contribution in [-0.2, 0) is 4.43 Å². The molecule has 0 radical (unpaired) electrons. The Morgan fingerprint density at radius 3 is 1.30 bits per heavy atom. The van der Waals surface area contributed by atoms with E-state index in [2.05, 4.69) is 70.1 Å². The molecule has 0 amide bonds. The minimum atomic E-state index is -0.475. The van der Waals surface area contributed by atoms with Crippen LogP contribution in [0.4, 0.5) is 0 Å². The molecule has 4 nitrogen and oxygen atoms in total. The molecule has 0 aromatic rings. The Balaban J connectivity index is 5.29. The second kappa shape index (κ2) is 21.3. The molecule has 5 heteroatoms. The van der Waals surface area contributed by atoms with Gasteiger partial charge in [-0.25, -0.2) is 0 Å². The molecular weight excluding hydrogens is 422 g/mol. The van der Waals surface area contributed by atoms with Gasteiger partial charge in [0.1, 0.15) is 0 Å². The Bertz CT molecular complexity index is 366. The van der Waals surface area contributed by atoms with Crippen LogP contribution in [0.5, 0.6) is 0 Å². The van der Waals surface area contributed by atoms with E-state index in [-0.39, 0.29) is 0 Å². The number of rotatable bonds is 24. The quantitative estimate of drug-likeness (QED) is 0.155. The van der Waals surface area contributed by atoms with E-state index in [1.807, 2.05) is 0 Å². The maximum absolute atomic E-state index is 6.45. The molecule has 33 heavy (non-hydrogen) atoms. The highest BCUT2D eigenvalue weighted by Crippen LogP contribution is 2.39. The summed E-state index contributed by atoms with van der Waals surface area (Å²) in [6.07, 6.45) is 11.1. The third-order valence-corrected chi connectivity index (χ3v) is 10.0. The van der Waals surface area contributed by atoms with Crippen LogP contribution in [0.2, 0.25) is 6.04 Å². The zero-order valence-electron chi connectivity index (χ0n) is 24.3. The van der Waals surface area contributed by atoms with Crippen LogP contribution in [0.3, 0.4) is 0 Å². The van der Waals surface area contributed by atoms with Crippen molar-refractivity contribution < 1.29 is 4.43 Å². The van der Waals surface area contributed by atoms with Crippen molar-refractivity contribution in [1.82, 2.24) is 14.7 Å². The van der Waals surface area contributed by atoms with Crippen LogP contribution in [0.25, 0.3) is 0 Å². The molecular formula is C28H63N3OSi. The van der Waals surface area contributed by atoms with E-state index in [0.29, 0.717) is 11.5 Å². The molecule has 0 saturated heterocycles. The van der Waals surface area contributed by atoms with Gasteiger partial charge in [0, 0.05) is 6.10 Å². The largest absolute Gasteiger partial charge is 0.421 e. The molecule has 0 aliphatic heterocycles. The molecule has 0 aliphatic rings. The van der Waals surface area contributed by atoms with Crippen molar-refractivity contribution in [3.63, 3.8) is 0 Å². The first kappa shape index (κ1) is 33.1. The Labute approximate surface area is 212 Å². The van der Waals surface area contributed by atoms with Crippen molar-refractivity contribution in [2.24, 2.45) is 5.41 Å². The summed E-state index contributed by atoms with van der Waals surface area (Å²) in [6.45, 7) is 29.3. The maximum atomic E-state index is 6.45. The van der Waals surface area contributed by atoms with Gasteiger partial charge in [-0.1, -0.05) is 54.9 Å². The molecule has 0 fully saturated rings. The van der Waals surface area contributed by atoms with Gasteiger partial charge in [-0.2, -0.15) is 0 Å². The van der Waals surface area contributed by atoms with E-state index < -0.39 is 9.76 Å². The minimum absolute atomic E-state index is 0.460. The van der Waals surface area contributed by atoms with Crippen LogP contribution in [-0.4, -0.2) is 89.5 Å². The van der Waals surface area contributed by atoms with Crippen molar-refractivity contribution in [2.45, 2.75) is 119 Å². The first-order valence-electron chi connectivity index (χ1n) is 14.7. The molecule has 0 N–H and O–H groups in total. The third kappa shape index (κ3) is 15.6. The summed E-state index contributed by atoms with van der Waals surface area (Å²) in [6, 6.07) is 1.37. The number of hydrogen-bond acceptors (Lipinski definition) is 4. The Kier molecular flexibility index (Phi) is 21.4. The lowest BCUT2D eigenvalue weighted by Crippen LogP contribution is -2.32. The van der Waals surface area contributed by atoms with E-state index in [1.165, 1.54) is 116 Å². The summed E-state index contributed by atoms with van der Waals surface area (Å²) in [5.41, 5.74) is 0.492. The highest BCUT2D eigenvalue weighted by atomic mass is 28.2. The van der Waals surface area contributed by atoms with E-state index in [0.717, 1.165) is 0 Å². The van der Waals surface area contributed by atoms with Gasteiger partial charge in [0.25, 0.3) is 0 Å². The van der Waals surface area contributed by atoms with Crippen molar-refractivity contribution in [3.8, 4) is 0 Å². The lowest BCUT2D eigenvalue weighted by molar-refractivity contribution is 0.167. The average molecular weight is 486 g/mol. The topological polar surface area (TPSA) is 19.0 Å². The normalized spacial score (nSPS) is 13.9. The Morgan fingerprint density at radius 1 is 0.636 bits per heavy atom. The lowest BCUT2D eigenvalue weighted by Gasteiger charge is -2.37. The van der Waals surface area contributed by atoms with E-state index >= 15 is 0 Å². The first-order valence-corrected chi connectivity index (χ1v) is 16.3. The van der Waals surface area contributed by atoms with E-state index in [9.17, 15) is 0 Å². The van der Waals surface area contributed by atoms with E-state index in [4.69, 9.17) is 4.43 Å². The SMILES string of the molecule is CCCC(C)O[SiH2]CC(CCCN(CC)CC)(CCCN(CC)CC)CCCN(CC)CC. The standard InChI is InChI=1S/C28H63N3OSi/c1-9-19-27(8)32-33-26-28(20-16-23-29(10-2)11-3,21-17-24-30(12-4)13-5)22-18-25-31(14-6)15-7/h27H,9-26,33H2,1-8H3. The van der Waals surface area contributed by atoms with Crippen molar-refractivity contribution in [1.29, 1.82) is 0 Å². The molecule has 0 heterocycles. The summed E-state index contributed by atoms with van der Waals surface area (Å²) in [5, 5.41) is 0. The van der Waals surface area contributed by atoms with E-state index in [1.54, 1.807) is 0 Å². The first-order chi connectivity index (χ1) is 15.9. The predicted octanol–water partition coefficient (Wildman–Crippen LogP) is 6.05. The van der Waals surface area contributed by atoms with Crippen molar-refractivity contribution in [3.05, 3.63) is 0 Å². The third-order valence-electron chi connectivity index (χ3n) is 7.96. The molecule has 0 aliphatic carbocycles. The molecule has 0 rings (SSSR count). The predicted molar refractivity (Wildman–Crippen MR) is 152 cm³/mol. The Hall–Kier alpha value is 0.0569. The van der Waals surface area contributed by atoms with Gasteiger partial charge in [0.15, 0.2) is 9.76 Å². The summed E-state index contributed by atoms with van der Waals surface area (Å²) in [4.78, 5) is 7.81. The molecule has 0 spiro atoms. The van der Waals surface area contributed by atoms with Gasteiger partial charge >= 0.3 is 0 Å². The lowest BCUT2D eigenvalue weighted by atomic mass is 9.76. The van der Waals surface area contributed by atoms with Gasteiger partial charge in [0.05, 0.1) is 0 Å². The summed E-state index contributed by atoms with van der Waals surface area (Å²) in [7, 11) is -0.475. The van der Waals surface area contributed by atoms with Gasteiger partial charge in [0.2, 0.25) is 0 Å². The summed E-state index contributed by atoms with van der Waals surface area (Å²) in [5.74, 6) is 0. The molecule has 0 aromatic heterocycles. The number of hydrogen-bond donors (Lipinski definition) is 0. The fourth-order valence-corrected chi connectivity index (χ4v) is 7.24. The molecule has 0 saturated carbocycles. The van der Waals surface area contributed by atoms with Crippen LogP contribution in [0.15, 0.2) is 0 Å². The zero-order valence-corrected chi connectivity index (χ0v) is 25.7. The monoisotopic (exact) mass is 485 g/mol. The van der Waals surface area contributed by atoms with Gasteiger partial charge in [-0.3, -0.25) is 0 Å². The maximum Gasteiger partial charge on any atom is 0.162 e. The van der Waals surface area contributed by atoms with Crippen LogP contribution >= 0.6 is 0 Å². The fourth-order valence-electron chi connectivity index (χ4n) is 5.37. The molecule has 0 aromatic carbocycles. The van der Waals surface area contributed by atoms with Crippen LogP contribution in [0.1, 0.15) is 107 Å². The molecule has 0 bridgehead atoms. The van der Waals surface area contributed by atoms with Crippen molar-refractivity contribution in [2.75, 3.05) is 58.9 Å². The second-order valence-electron chi connectivity index (χ2n) is 10.1. The highest BCUT2D eigenvalue weighted by Gasteiger charge is 2.30. The summed E-state index contributed by atoms with van der Waals surface area (Å²) < 4.78 is 6.45. The summed E-state index contributed by atoms with van der Waals surface area (Å²) >= 11 is 0. The van der Waals surface area contributed by atoms with Crippen molar-refractivity contribution >= 4 is 9.76 Å². The fraction of sp³-hybridized carbons (Fsp3) is 1.00. The van der Waals surface area contributed by atoms with Gasteiger partial charge in [-0.15, -0.1) is 0 Å². The molecule has 200 valence electrons. The highest BCUT2D eigenvalue weighted by molar-refractivity contribution is 6.27. The van der Waals surface area contributed by atoms with Gasteiger partial charge < -0.3 is 19.1 Å². The van der Waals surface area contributed by atoms with Gasteiger partial charge in [-0.05, 0) is 122 Å².